The molecule has 1 N–H and O–H groups in total. The lowest BCUT2D eigenvalue weighted by atomic mass is 10.2. The van der Waals surface area contributed by atoms with E-state index in [1.54, 1.807) is 6.07 Å². The van der Waals surface area contributed by atoms with Gasteiger partial charge < -0.3 is 10.2 Å². The summed E-state index contributed by atoms with van der Waals surface area (Å²) in [6, 6.07) is 13.4. The standard InChI is InChI=1S/C17H18BrFN2/c18-14-6-7-17(19)13(10-14)12-20-15-4-3-5-16(11-15)21-8-1-2-9-21/h3-7,10-11,20H,1-2,8-9,12H2. The zero-order chi connectivity index (χ0) is 14.7. The van der Waals surface area contributed by atoms with Crippen molar-refractivity contribution in [2.24, 2.45) is 0 Å². The molecule has 110 valence electrons. The quantitative estimate of drug-likeness (QED) is 0.853. The van der Waals surface area contributed by atoms with Crippen LogP contribution in [0.4, 0.5) is 15.8 Å². The predicted molar refractivity (Wildman–Crippen MR) is 89.3 cm³/mol. The lowest BCUT2D eigenvalue weighted by Gasteiger charge is -2.18. The maximum Gasteiger partial charge on any atom is 0.128 e. The number of halogens is 2. The van der Waals surface area contributed by atoms with Gasteiger partial charge in [-0.3, -0.25) is 0 Å². The minimum Gasteiger partial charge on any atom is -0.381 e. The van der Waals surface area contributed by atoms with Gasteiger partial charge in [0.15, 0.2) is 0 Å². The summed E-state index contributed by atoms with van der Waals surface area (Å²) in [6.45, 7) is 2.74. The van der Waals surface area contributed by atoms with Gasteiger partial charge in [0.1, 0.15) is 5.82 Å². The number of anilines is 2. The second-order valence-corrected chi connectivity index (χ2v) is 6.25. The first-order valence-corrected chi connectivity index (χ1v) is 8.04. The number of hydrogen-bond donors (Lipinski definition) is 1. The Hall–Kier alpha value is -1.55. The van der Waals surface area contributed by atoms with Crippen molar-refractivity contribution in [3.05, 3.63) is 58.3 Å². The van der Waals surface area contributed by atoms with E-state index in [-0.39, 0.29) is 5.82 Å². The molecule has 1 heterocycles. The summed E-state index contributed by atoms with van der Waals surface area (Å²) in [6.07, 6.45) is 2.53. The SMILES string of the molecule is Fc1ccc(Br)cc1CNc1cccc(N2CCCC2)c1. The van der Waals surface area contributed by atoms with Crippen LogP contribution in [0.2, 0.25) is 0 Å². The average Bonchev–Trinajstić information content (AvgIpc) is 3.03. The molecule has 3 rings (SSSR count). The predicted octanol–water partition coefficient (Wildman–Crippen LogP) is 4.80. The van der Waals surface area contributed by atoms with Crippen molar-refractivity contribution in [1.82, 2.24) is 0 Å². The molecular formula is C17H18BrFN2. The van der Waals surface area contributed by atoms with Crippen molar-refractivity contribution in [2.45, 2.75) is 19.4 Å². The summed E-state index contributed by atoms with van der Waals surface area (Å²) < 4.78 is 14.6. The first kappa shape index (κ1) is 14.4. The van der Waals surface area contributed by atoms with Crippen LogP contribution >= 0.6 is 15.9 Å². The Balaban J connectivity index is 1.70. The van der Waals surface area contributed by atoms with E-state index in [1.165, 1.54) is 24.6 Å². The van der Waals surface area contributed by atoms with Crippen LogP contribution in [0.15, 0.2) is 46.9 Å². The monoisotopic (exact) mass is 348 g/mol. The summed E-state index contributed by atoms with van der Waals surface area (Å²) >= 11 is 3.38. The van der Waals surface area contributed by atoms with Crippen molar-refractivity contribution >= 4 is 27.3 Å². The maximum atomic E-state index is 13.7. The molecule has 1 fully saturated rings. The molecule has 0 unspecified atom stereocenters. The van der Waals surface area contributed by atoms with Crippen LogP contribution in [0.25, 0.3) is 0 Å². The van der Waals surface area contributed by atoms with Crippen LogP contribution in [0.1, 0.15) is 18.4 Å². The largest absolute Gasteiger partial charge is 0.381 e. The minimum atomic E-state index is -0.179. The highest BCUT2D eigenvalue weighted by atomic mass is 79.9. The molecule has 2 nitrogen and oxygen atoms in total. The molecule has 4 heteroatoms. The second-order valence-electron chi connectivity index (χ2n) is 5.33. The van der Waals surface area contributed by atoms with Gasteiger partial charge in [-0.05, 0) is 49.2 Å². The fraction of sp³-hybridized carbons (Fsp3) is 0.294. The summed E-state index contributed by atoms with van der Waals surface area (Å²) in [7, 11) is 0. The summed E-state index contributed by atoms with van der Waals surface area (Å²) in [5.41, 5.74) is 2.93. The molecule has 0 bridgehead atoms. The van der Waals surface area contributed by atoms with Crippen LogP contribution in [0, 0.1) is 5.82 Å². The Labute approximate surface area is 133 Å². The Bertz CT molecular complexity index is 624. The molecule has 1 aliphatic rings. The van der Waals surface area contributed by atoms with Gasteiger partial charge in [0.05, 0.1) is 0 Å². The van der Waals surface area contributed by atoms with Gasteiger partial charge in [-0.1, -0.05) is 22.0 Å². The second kappa shape index (κ2) is 6.48. The van der Waals surface area contributed by atoms with E-state index in [4.69, 9.17) is 0 Å². The van der Waals surface area contributed by atoms with E-state index in [9.17, 15) is 4.39 Å². The first-order valence-electron chi connectivity index (χ1n) is 7.25. The van der Waals surface area contributed by atoms with Gasteiger partial charge in [0.25, 0.3) is 0 Å². The molecule has 0 amide bonds. The van der Waals surface area contributed by atoms with E-state index in [2.05, 4.69) is 38.3 Å². The molecule has 0 aliphatic carbocycles. The number of rotatable bonds is 4. The fourth-order valence-corrected chi connectivity index (χ4v) is 3.07. The van der Waals surface area contributed by atoms with E-state index in [0.29, 0.717) is 12.1 Å². The third-order valence-corrected chi connectivity index (χ3v) is 4.30. The number of nitrogens with zero attached hydrogens (tertiary/aromatic N) is 1. The van der Waals surface area contributed by atoms with Crippen LogP contribution in [-0.4, -0.2) is 13.1 Å². The number of nitrogens with one attached hydrogen (secondary N) is 1. The fourth-order valence-electron chi connectivity index (χ4n) is 2.66. The molecule has 2 aromatic carbocycles. The van der Waals surface area contributed by atoms with Crippen molar-refractivity contribution in [1.29, 1.82) is 0 Å². The third-order valence-electron chi connectivity index (χ3n) is 3.81. The van der Waals surface area contributed by atoms with Gasteiger partial charge in [0.2, 0.25) is 0 Å². The summed E-state index contributed by atoms with van der Waals surface area (Å²) in [5.74, 6) is -0.179. The van der Waals surface area contributed by atoms with Crippen LogP contribution in [-0.2, 0) is 6.54 Å². The Morgan fingerprint density at radius 2 is 1.90 bits per heavy atom. The lowest BCUT2D eigenvalue weighted by molar-refractivity contribution is 0.612. The molecule has 0 saturated carbocycles. The molecule has 0 aromatic heterocycles. The summed E-state index contributed by atoms with van der Waals surface area (Å²) in [4.78, 5) is 2.39. The van der Waals surface area contributed by atoms with Gasteiger partial charge in [0, 0.05) is 41.0 Å². The Morgan fingerprint density at radius 3 is 2.71 bits per heavy atom. The smallest absolute Gasteiger partial charge is 0.128 e. The average molecular weight is 349 g/mol. The maximum absolute atomic E-state index is 13.7. The van der Waals surface area contributed by atoms with Gasteiger partial charge in [-0.15, -0.1) is 0 Å². The topological polar surface area (TPSA) is 15.3 Å². The van der Waals surface area contributed by atoms with Crippen molar-refractivity contribution in [3.63, 3.8) is 0 Å². The highest BCUT2D eigenvalue weighted by Crippen LogP contribution is 2.24. The molecule has 0 spiro atoms. The van der Waals surface area contributed by atoms with Crippen molar-refractivity contribution in [3.8, 4) is 0 Å². The molecule has 21 heavy (non-hydrogen) atoms. The minimum absolute atomic E-state index is 0.179. The molecular weight excluding hydrogens is 331 g/mol. The highest BCUT2D eigenvalue weighted by molar-refractivity contribution is 9.10. The Kier molecular flexibility index (Phi) is 4.44. The van der Waals surface area contributed by atoms with Crippen molar-refractivity contribution in [2.75, 3.05) is 23.3 Å². The van der Waals surface area contributed by atoms with Gasteiger partial charge >= 0.3 is 0 Å². The van der Waals surface area contributed by atoms with E-state index < -0.39 is 0 Å². The van der Waals surface area contributed by atoms with Gasteiger partial charge in [-0.25, -0.2) is 4.39 Å². The van der Waals surface area contributed by atoms with Crippen LogP contribution < -0.4 is 10.2 Å². The molecule has 0 atom stereocenters. The normalized spacial score (nSPS) is 14.5. The number of benzene rings is 2. The number of hydrogen-bond acceptors (Lipinski definition) is 2. The van der Waals surface area contributed by atoms with E-state index in [1.807, 2.05) is 18.2 Å². The van der Waals surface area contributed by atoms with Crippen LogP contribution in [0.5, 0.6) is 0 Å². The molecule has 0 radical (unpaired) electrons. The lowest BCUT2D eigenvalue weighted by Crippen LogP contribution is -2.17. The van der Waals surface area contributed by atoms with Crippen molar-refractivity contribution < 1.29 is 4.39 Å². The zero-order valence-electron chi connectivity index (χ0n) is 11.8. The Morgan fingerprint density at radius 1 is 1.10 bits per heavy atom. The highest BCUT2D eigenvalue weighted by Gasteiger charge is 2.12. The summed E-state index contributed by atoms with van der Waals surface area (Å²) in [5, 5.41) is 3.31. The first-order chi connectivity index (χ1) is 10.2. The van der Waals surface area contributed by atoms with Gasteiger partial charge in [-0.2, -0.15) is 0 Å². The molecule has 1 aliphatic heterocycles. The van der Waals surface area contributed by atoms with E-state index in [0.717, 1.165) is 23.2 Å². The molecule has 1 saturated heterocycles. The van der Waals surface area contributed by atoms with Crippen LogP contribution in [0.3, 0.4) is 0 Å². The van der Waals surface area contributed by atoms with E-state index >= 15 is 0 Å². The zero-order valence-corrected chi connectivity index (χ0v) is 13.4. The third kappa shape index (κ3) is 3.56. The molecule has 2 aromatic rings.